The highest BCUT2D eigenvalue weighted by Crippen LogP contribution is 2.27. The van der Waals surface area contributed by atoms with Crippen molar-refractivity contribution in [3.05, 3.63) is 65.7 Å². The van der Waals surface area contributed by atoms with Crippen molar-refractivity contribution in [1.29, 1.82) is 0 Å². The lowest BCUT2D eigenvalue weighted by Gasteiger charge is -2.24. The Balaban J connectivity index is 1.42. The Labute approximate surface area is 142 Å². The summed E-state index contributed by atoms with van der Waals surface area (Å²) in [5.41, 5.74) is 3.25. The number of fused-ring (bicyclic) bond motifs is 1. The second kappa shape index (κ2) is 7.77. The van der Waals surface area contributed by atoms with Crippen molar-refractivity contribution < 1.29 is 9.59 Å². The minimum absolute atomic E-state index is 0.0117. The molecule has 2 aromatic rings. The van der Waals surface area contributed by atoms with E-state index < -0.39 is 0 Å². The largest absolute Gasteiger partial charge is 0.356 e. The molecular formula is C20H22N2O2. The number of amides is 2. The van der Waals surface area contributed by atoms with Crippen LogP contribution in [-0.2, 0) is 22.4 Å². The number of hydrogen-bond acceptors (Lipinski definition) is 2. The second-order valence-corrected chi connectivity index (χ2v) is 6.17. The van der Waals surface area contributed by atoms with Crippen LogP contribution in [0.3, 0.4) is 0 Å². The van der Waals surface area contributed by atoms with E-state index in [0.29, 0.717) is 25.8 Å². The van der Waals surface area contributed by atoms with Gasteiger partial charge in [-0.15, -0.1) is 0 Å². The maximum absolute atomic E-state index is 12.1. The van der Waals surface area contributed by atoms with Gasteiger partial charge < -0.3 is 10.6 Å². The Morgan fingerprint density at radius 1 is 1.08 bits per heavy atom. The Morgan fingerprint density at radius 2 is 1.83 bits per heavy atom. The van der Waals surface area contributed by atoms with E-state index in [1.807, 2.05) is 42.5 Å². The van der Waals surface area contributed by atoms with Gasteiger partial charge in [0.05, 0.1) is 0 Å². The normalized spacial score (nSPS) is 16.2. The van der Waals surface area contributed by atoms with Gasteiger partial charge in [0.25, 0.3) is 0 Å². The molecule has 1 heterocycles. The lowest BCUT2D eigenvalue weighted by Crippen LogP contribution is -2.32. The van der Waals surface area contributed by atoms with Crippen molar-refractivity contribution in [2.75, 3.05) is 11.9 Å². The molecule has 0 aromatic heterocycles. The Morgan fingerprint density at radius 3 is 2.67 bits per heavy atom. The van der Waals surface area contributed by atoms with Crippen LogP contribution in [0.25, 0.3) is 0 Å². The average molecular weight is 322 g/mol. The molecule has 0 radical (unpaired) electrons. The number of rotatable bonds is 6. The molecule has 0 unspecified atom stereocenters. The SMILES string of the molecule is O=C(CC[C@@H]1Cc2ccccc2NC1=O)NCCc1ccccc1. The van der Waals surface area contributed by atoms with Crippen LogP contribution >= 0.6 is 0 Å². The molecule has 1 aliphatic rings. The molecular weight excluding hydrogens is 300 g/mol. The summed E-state index contributed by atoms with van der Waals surface area (Å²) in [4.78, 5) is 24.1. The number of carbonyl (C=O) groups is 2. The summed E-state index contributed by atoms with van der Waals surface area (Å²) in [7, 11) is 0. The van der Waals surface area contributed by atoms with Crippen molar-refractivity contribution >= 4 is 17.5 Å². The molecule has 0 spiro atoms. The first kappa shape index (κ1) is 16.2. The van der Waals surface area contributed by atoms with Crippen LogP contribution in [0.4, 0.5) is 5.69 Å². The van der Waals surface area contributed by atoms with Gasteiger partial charge >= 0.3 is 0 Å². The first-order valence-corrected chi connectivity index (χ1v) is 8.42. The highest BCUT2D eigenvalue weighted by atomic mass is 16.2. The van der Waals surface area contributed by atoms with Gasteiger partial charge in [0.15, 0.2) is 0 Å². The van der Waals surface area contributed by atoms with Crippen LogP contribution in [0, 0.1) is 5.92 Å². The molecule has 2 aromatic carbocycles. The van der Waals surface area contributed by atoms with Crippen molar-refractivity contribution in [2.45, 2.75) is 25.7 Å². The maximum Gasteiger partial charge on any atom is 0.227 e. The molecule has 2 N–H and O–H groups in total. The maximum atomic E-state index is 12.1. The molecule has 2 amide bonds. The highest BCUT2D eigenvalue weighted by molar-refractivity contribution is 5.96. The zero-order chi connectivity index (χ0) is 16.8. The van der Waals surface area contributed by atoms with Gasteiger partial charge in [0.2, 0.25) is 11.8 Å². The second-order valence-electron chi connectivity index (χ2n) is 6.17. The number of para-hydroxylation sites is 1. The van der Waals surface area contributed by atoms with Crippen LogP contribution in [0.5, 0.6) is 0 Å². The molecule has 24 heavy (non-hydrogen) atoms. The van der Waals surface area contributed by atoms with Crippen molar-refractivity contribution in [1.82, 2.24) is 5.32 Å². The van der Waals surface area contributed by atoms with E-state index in [4.69, 9.17) is 0 Å². The summed E-state index contributed by atoms with van der Waals surface area (Å²) in [6, 6.07) is 17.9. The third-order valence-corrected chi connectivity index (χ3v) is 4.41. The first-order chi connectivity index (χ1) is 11.7. The predicted octanol–water partition coefficient (Wildman–Crippen LogP) is 2.94. The van der Waals surface area contributed by atoms with E-state index in [1.165, 1.54) is 5.56 Å². The molecule has 1 atom stereocenters. The lowest BCUT2D eigenvalue weighted by molar-refractivity contribution is -0.122. The van der Waals surface area contributed by atoms with Gasteiger partial charge in [-0.1, -0.05) is 48.5 Å². The Hall–Kier alpha value is -2.62. The topological polar surface area (TPSA) is 58.2 Å². The molecule has 3 rings (SSSR count). The fourth-order valence-corrected chi connectivity index (χ4v) is 3.03. The zero-order valence-electron chi connectivity index (χ0n) is 13.6. The van der Waals surface area contributed by atoms with E-state index in [-0.39, 0.29) is 17.7 Å². The number of carbonyl (C=O) groups excluding carboxylic acids is 2. The number of anilines is 1. The van der Waals surface area contributed by atoms with Gasteiger partial charge in [0.1, 0.15) is 0 Å². The molecule has 1 aliphatic heterocycles. The number of nitrogens with one attached hydrogen (secondary N) is 2. The third-order valence-electron chi connectivity index (χ3n) is 4.41. The molecule has 0 saturated heterocycles. The lowest BCUT2D eigenvalue weighted by atomic mass is 9.89. The van der Waals surface area contributed by atoms with Gasteiger partial charge in [-0.25, -0.2) is 0 Å². The summed E-state index contributed by atoms with van der Waals surface area (Å²) >= 11 is 0. The van der Waals surface area contributed by atoms with E-state index in [0.717, 1.165) is 17.7 Å². The Kier molecular flexibility index (Phi) is 5.26. The zero-order valence-corrected chi connectivity index (χ0v) is 13.6. The predicted molar refractivity (Wildman–Crippen MR) is 94.7 cm³/mol. The van der Waals surface area contributed by atoms with Crippen LogP contribution in [0.15, 0.2) is 54.6 Å². The minimum atomic E-state index is -0.125. The van der Waals surface area contributed by atoms with Crippen molar-refractivity contribution in [2.24, 2.45) is 5.92 Å². The van der Waals surface area contributed by atoms with Gasteiger partial charge in [-0.05, 0) is 36.5 Å². The fraction of sp³-hybridized carbons (Fsp3) is 0.300. The number of benzene rings is 2. The summed E-state index contributed by atoms with van der Waals surface area (Å²) in [6.07, 6.45) is 2.50. The summed E-state index contributed by atoms with van der Waals surface area (Å²) in [5.74, 6) is -0.0943. The van der Waals surface area contributed by atoms with Crippen LogP contribution < -0.4 is 10.6 Å². The monoisotopic (exact) mass is 322 g/mol. The van der Waals surface area contributed by atoms with Crippen LogP contribution in [-0.4, -0.2) is 18.4 Å². The van der Waals surface area contributed by atoms with Gasteiger partial charge in [-0.3, -0.25) is 9.59 Å². The van der Waals surface area contributed by atoms with Crippen molar-refractivity contribution in [3.8, 4) is 0 Å². The molecule has 0 aliphatic carbocycles. The smallest absolute Gasteiger partial charge is 0.227 e. The summed E-state index contributed by atoms with van der Waals surface area (Å²) in [5, 5.41) is 5.86. The minimum Gasteiger partial charge on any atom is -0.356 e. The molecule has 4 heteroatoms. The van der Waals surface area contributed by atoms with E-state index >= 15 is 0 Å². The standard InChI is InChI=1S/C20H22N2O2/c23-19(21-13-12-15-6-2-1-3-7-15)11-10-17-14-16-8-4-5-9-18(16)22-20(17)24/h1-9,17H,10-14H2,(H,21,23)(H,22,24)/t17-/m1/s1. The molecule has 0 bridgehead atoms. The molecule has 0 saturated carbocycles. The van der Waals surface area contributed by atoms with Crippen LogP contribution in [0.2, 0.25) is 0 Å². The summed E-state index contributed by atoms with van der Waals surface area (Å²) in [6.45, 7) is 0.628. The van der Waals surface area contributed by atoms with Crippen LogP contribution in [0.1, 0.15) is 24.0 Å². The fourth-order valence-electron chi connectivity index (χ4n) is 3.03. The molecule has 124 valence electrons. The molecule has 4 nitrogen and oxygen atoms in total. The van der Waals surface area contributed by atoms with E-state index in [9.17, 15) is 9.59 Å². The molecule has 0 fully saturated rings. The quantitative estimate of drug-likeness (QED) is 0.859. The van der Waals surface area contributed by atoms with E-state index in [2.05, 4.69) is 22.8 Å². The van der Waals surface area contributed by atoms with E-state index in [1.54, 1.807) is 0 Å². The Bertz CT molecular complexity index is 713. The van der Waals surface area contributed by atoms with Gasteiger partial charge in [-0.2, -0.15) is 0 Å². The number of hydrogen-bond donors (Lipinski definition) is 2. The van der Waals surface area contributed by atoms with Crippen molar-refractivity contribution in [3.63, 3.8) is 0 Å². The third kappa shape index (κ3) is 4.22. The summed E-state index contributed by atoms with van der Waals surface area (Å²) < 4.78 is 0. The average Bonchev–Trinajstić information content (AvgIpc) is 2.61. The highest BCUT2D eigenvalue weighted by Gasteiger charge is 2.26. The first-order valence-electron chi connectivity index (χ1n) is 8.42. The van der Waals surface area contributed by atoms with Gasteiger partial charge in [0, 0.05) is 24.6 Å².